The molecule has 0 fully saturated rings. The van der Waals surface area contributed by atoms with E-state index in [2.05, 4.69) is 10.5 Å². The quantitative estimate of drug-likeness (QED) is 0.813. The fraction of sp³-hybridized carbons (Fsp3) is 0.312. The lowest BCUT2D eigenvalue weighted by atomic mass is 10.1. The average molecular weight is 317 g/mol. The predicted octanol–water partition coefficient (Wildman–Crippen LogP) is 1.74. The van der Waals surface area contributed by atoms with Crippen LogP contribution < -0.4 is 11.1 Å². The number of carbonyl (C=O) groups excluding carboxylic acids is 2. The molecule has 2 rings (SSSR count). The third-order valence-corrected chi connectivity index (χ3v) is 3.33. The molecule has 0 spiro atoms. The van der Waals surface area contributed by atoms with Gasteiger partial charge in [-0.1, -0.05) is 35.0 Å². The summed E-state index contributed by atoms with van der Waals surface area (Å²) < 4.78 is 9.79. The van der Waals surface area contributed by atoms with E-state index in [0.717, 1.165) is 11.1 Å². The van der Waals surface area contributed by atoms with Crippen molar-refractivity contribution in [1.82, 2.24) is 10.5 Å². The minimum absolute atomic E-state index is 0.0446. The molecule has 0 bridgehead atoms. The molecule has 1 heterocycles. The number of nitrogens with two attached hydrogens (primary N) is 1. The van der Waals surface area contributed by atoms with Crippen molar-refractivity contribution in [3.63, 3.8) is 0 Å². The fourth-order valence-corrected chi connectivity index (χ4v) is 1.95. The number of amides is 1. The number of aryl methyl sites for hydroxylation is 2. The Morgan fingerprint density at radius 1 is 1.30 bits per heavy atom. The Balaban J connectivity index is 1.90. The largest absolute Gasteiger partial charge is 0.449 e. The zero-order chi connectivity index (χ0) is 17.0. The Kier molecular flexibility index (Phi) is 5.00. The molecular weight excluding hydrogens is 298 g/mol. The molecule has 1 unspecified atom stereocenters. The average Bonchev–Trinajstić information content (AvgIpc) is 2.85. The van der Waals surface area contributed by atoms with Crippen molar-refractivity contribution < 1.29 is 18.8 Å². The second kappa shape index (κ2) is 6.95. The SMILES string of the molecule is Cc1ccc(CNC(=O)C(C)OC(=O)c2c(C)noc2N)cc1. The number of hydrogen-bond acceptors (Lipinski definition) is 6. The van der Waals surface area contributed by atoms with Crippen LogP contribution in [0.4, 0.5) is 5.88 Å². The van der Waals surface area contributed by atoms with Gasteiger partial charge in [-0.3, -0.25) is 4.79 Å². The van der Waals surface area contributed by atoms with Crippen LogP contribution in [0.1, 0.15) is 34.1 Å². The Morgan fingerprint density at radius 3 is 2.52 bits per heavy atom. The number of esters is 1. The Bertz CT molecular complexity index is 687. The molecule has 2 aromatic rings. The van der Waals surface area contributed by atoms with Gasteiger partial charge in [0, 0.05) is 6.54 Å². The van der Waals surface area contributed by atoms with E-state index in [4.69, 9.17) is 15.0 Å². The molecule has 1 amide bonds. The number of ether oxygens (including phenoxy) is 1. The van der Waals surface area contributed by atoms with Crippen LogP contribution in [-0.4, -0.2) is 23.1 Å². The number of rotatable bonds is 5. The predicted molar refractivity (Wildman–Crippen MR) is 83.6 cm³/mol. The van der Waals surface area contributed by atoms with Crippen LogP contribution in [0.15, 0.2) is 28.8 Å². The molecule has 0 aliphatic heterocycles. The summed E-state index contributed by atoms with van der Waals surface area (Å²) in [4.78, 5) is 24.0. The van der Waals surface area contributed by atoms with Crippen molar-refractivity contribution >= 4 is 17.8 Å². The van der Waals surface area contributed by atoms with E-state index < -0.39 is 18.0 Å². The molecule has 23 heavy (non-hydrogen) atoms. The van der Waals surface area contributed by atoms with Crippen LogP contribution in [0.5, 0.6) is 0 Å². The molecule has 0 aliphatic rings. The molecule has 0 aliphatic carbocycles. The highest BCUT2D eigenvalue weighted by molar-refractivity contribution is 5.96. The van der Waals surface area contributed by atoms with Crippen molar-refractivity contribution in [2.45, 2.75) is 33.4 Å². The van der Waals surface area contributed by atoms with Gasteiger partial charge < -0.3 is 20.3 Å². The number of aromatic nitrogens is 1. The van der Waals surface area contributed by atoms with Crippen LogP contribution in [0.2, 0.25) is 0 Å². The second-order valence-electron chi connectivity index (χ2n) is 5.26. The van der Waals surface area contributed by atoms with E-state index in [1.165, 1.54) is 6.92 Å². The summed E-state index contributed by atoms with van der Waals surface area (Å²) in [7, 11) is 0. The molecular formula is C16H19N3O4. The van der Waals surface area contributed by atoms with Crippen molar-refractivity contribution in [3.8, 4) is 0 Å². The Labute approximate surface area is 133 Å². The van der Waals surface area contributed by atoms with Crippen LogP contribution in [0.3, 0.4) is 0 Å². The second-order valence-corrected chi connectivity index (χ2v) is 5.26. The van der Waals surface area contributed by atoms with Crippen molar-refractivity contribution in [3.05, 3.63) is 46.6 Å². The first-order valence-corrected chi connectivity index (χ1v) is 7.14. The number of benzene rings is 1. The highest BCUT2D eigenvalue weighted by Gasteiger charge is 2.24. The first-order valence-electron chi connectivity index (χ1n) is 7.14. The van der Waals surface area contributed by atoms with Crippen LogP contribution in [0, 0.1) is 13.8 Å². The number of nitrogens with zero attached hydrogens (tertiary/aromatic N) is 1. The molecule has 3 N–H and O–H groups in total. The third-order valence-electron chi connectivity index (χ3n) is 3.33. The minimum atomic E-state index is -0.957. The lowest BCUT2D eigenvalue weighted by Gasteiger charge is -2.13. The summed E-state index contributed by atoms with van der Waals surface area (Å²) in [6, 6.07) is 7.77. The summed E-state index contributed by atoms with van der Waals surface area (Å²) >= 11 is 0. The van der Waals surface area contributed by atoms with Gasteiger partial charge >= 0.3 is 5.97 Å². The monoisotopic (exact) mass is 317 g/mol. The minimum Gasteiger partial charge on any atom is -0.449 e. The van der Waals surface area contributed by atoms with Gasteiger partial charge in [-0.05, 0) is 26.3 Å². The van der Waals surface area contributed by atoms with Crippen LogP contribution >= 0.6 is 0 Å². The lowest BCUT2D eigenvalue weighted by Crippen LogP contribution is -2.35. The highest BCUT2D eigenvalue weighted by Crippen LogP contribution is 2.17. The van der Waals surface area contributed by atoms with E-state index in [1.54, 1.807) is 6.92 Å². The molecule has 0 saturated heterocycles. The maximum absolute atomic E-state index is 12.0. The number of hydrogen-bond donors (Lipinski definition) is 2. The zero-order valence-electron chi connectivity index (χ0n) is 13.3. The fourth-order valence-electron chi connectivity index (χ4n) is 1.95. The maximum atomic E-state index is 12.0. The van der Waals surface area contributed by atoms with Crippen molar-refractivity contribution in [2.75, 3.05) is 5.73 Å². The number of anilines is 1. The van der Waals surface area contributed by atoms with E-state index in [0.29, 0.717) is 12.2 Å². The van der Waals surface area contributed by atoms with Gasteiger partial charge in [-0.2, -0.15) is 0 Å². The Hall–Kier alpha value is -2.83. The molecule has 1 atom stereocenters. The van der Waals surface area contributed by atoms with Crippen molar-refractivity contribution in [1.29, 1.82) is 0 Å². The van der Waals surface area contributed by atoms with Gasteiger partial charge in [0.1, 0.15) is 5.56 Å². The Morgan fingerprint density at radius 2 is 1.96 bits per heavy atom. The van der Waals surface area contributed by atoms with Crippen molar-refractivity contribution in [2.24, 2.45) is 0 Å². The normalized spacial score (nSPS) is 11.8. The van der Waals surface area contributed by atoms with Gasteiger partial charge in [-0.15, -0.1) is 0 Å². The van der Waals surface area contributed by atoms with E-state index in [-0.39, 0.29) is 11.4 Å². The molecule has 122 valence electrons. The zero-order valence-corrected chi connectivity index (χ0v) is 13.3. The first-order chi connectivity index (χ1) is 10.9. The number of carbonyl (C=O) groups is 2. The van der Waals surface area contributed by atoms with Gasteiger partial charge in [0.25, 0.3) is 5.91 Å². The van der Waals surface area contributed by atoms with Gasteiger partial charge in [0.05, 0.1) is 5.69 Å². The smallest absolute Gasteiger partial charge is 0.346 e. The standard InChI is InChI=1S/C16H19N3O4/c1-9-4-6-12(7-5-9)8-18-15(20)11(3)22-16(21)13-10(2)19-23-14(13)17/h4-7,11H,8,17H2,1-3H3,(H,18,20). The summed E-state index contributed by atoms with van der Waals surface area (Å²) in [5.74, 6) is -1.26. The van der Waals surface area contributed by atoms with E-state index >= 15 is 0 Å². The molecule has 0 saturated carbocycles. The highest BCUT2D eigenvalue weighted by atomic mass is 16.5. The summed E-state index contributed by atoms with van der Waals surface area (Å²) in [5.41, 5.74) is 7.98. The molecule has 1 aromatic carbocycles. The van der Waals surface area contributed by atoms with E-state index in [1.807, 2.05) is 31.2 Å². The number of nitrogen functional groups attached to an aromatic ring is 1. The maximum Gasteiger partial charge on any atom is 0.346 e. The lowest BCUT2D eigenvalue weighted by molar-refractivity contribution is -0.129. The van der Waals surface area contributed by atoms with Gasteiger partial charge in [-0.25, -0.2) is 4.79 Å². The molecule has 7 heteroatoms. The summed E-state index contributed by atoms with van der Waals surface area (Å²) in [6.45, 7) is 5.40. The molecule has 0 radical (unpaired) electrons. The molecule has 7 nitrogen and oxygen atoms in total. The van der Waals surface area contributed by atoms with Crippen LogP contribution in [-0.2, 0) is 16.1 Å². The summed E-state index contributed by atoms with van der Waals surface area (Å²) in [6.07, 6.45) is -0.957. The third kappa shape index (κ3) is 4.09. The van der Waals surface area contributed by atoms with Crippen LogP contribution in [0.25, 0.3) is 0 Å². The first kappa shape index (κ1) is 16.5. The molecule has 1 aromatic heterocycles. The topological polar surface area (TPSA) is 107 Å². The van der Waals surface area contributed by atoms with Gasteiger partial charge in [0.2, 0.25) is 5.88 Å². The van der Waals surface area contributed by atoms with Gasteiger partial charge in [0.15, 0.2) is 6.10 Å². The van der Waals surface area contributed by atoms with E-state index in [9.17, 15) is 9.59 Å². The summed E-state index contributed by atoms with van der Waals surface area (Å²) in [5, 5.41) is 6.28. The number of nitrogens with one attached hydrogen (secondary N) is 1.